The first-order valence-electron chi connectivity index (χ1n) is 3.14. The molecule has 1 aliphatic heterocycles. The van der Waals surface area contributed by atoms with Crippen molar-refractivity contribution >= 4 is 0 Å². The van der Waals surface area contributed by atoms with Crippen LogP contribution in [0.15, 0.2) is 12.7 Å². The second-order valence-electron chi connectivity index (χ2n) is 2.19. The third-order valence-corrected chi connectivity index (χ3v) is 1.60. The van der Waals surface area contributed by atoms with Crippen LogP contribution in [-0.2, 0) is 4.74 Å². The van der Waals surface area contributed by atoms with E-state index in [0.29, 0.717) is 0 Å². The topological polar surface area (TPSA) is 9.23 Å². The Labute approximate surface area is 50.3 Å². The fraction of sp³-hybridized carbons (Fsp3) is 0.714. The van der Waals surface area contributed by atoms with Crippen LogP contribution in [0.2, 0.25) is 0 Å². The summed E-state index contributed by atoms with van der Waals surface area (Å²) in [5.41, 5.74) is 0. The molecule has 0 N–H and O–H groups in total. The summed E-state index contributed by atoms with van der Waals surface area (Å²) >= 11 is 0. The average Bonchev–Trinajstić information content (AvgIpc) is 1.90. The van der Waals surface area contributed by atoms with Crippen molar-refractivity contribution in [1.82, 2.24) is 0 Å². The number of hydrogen-bond acceptors (Lipinski definition) is 1. The fourth-order valence-corrected chi connectivity index (χ4v) is 0.952. The smallest absolute Gasteiger partial charge is 0.0471 e. The highest BCUT2D eigenvalue weighted by Gasteiger charge is 2.08. The van der Waals surface area contributed by atoms with Crippen molar-refractivity contribution in [3.63, 3.8) is 0 Å². The Kier molecular flexibility index (Phi) is 2.10. The van der Waals surface area contributed by atoms with Crippen molar-refractivity contribution in [2.45, 2.75) is 12.8 Å². The molecule has 1 rings (SSSR count). The van der Waals surface area contributed by atoms with Gasteiger partial charge in [-0.15, -0.1) is 6.58 Å². The zero-order valence-electron chi connectivity index (χ0n) is 5.10. The monoisotopic (exact) mass is 112 g/mol. The zero-order chi connectivity index (χ0) is 5.82. The highest BCUT2D eigenvalue weighted by Crippen LogP contribution is 2.14. The van der Waals surface area contributed by atoms with E-state index in [-0.39, 0.29) is 0 Å². The van der Waals surface area contributed by atoms with Crippen molar-refractivity contribution in [3.05, 3.63) is 12.7 Å². The molecule has 1 nitrogen and oxygen atoms in total. The highest BCUT2D eigenvalue weighted by atomic mass is 16.5. The molecule has 1 aliphatic rings. The summed E-state index contributed by atoms with van der Waals surface area (Å²) in [6, 6.07) is 0. The molecule has 0 spiro atoms. The van der Waals surface area contributed by atoms with Crippen LogP contribution in [0.1, 0.15) is 12.8 Å². The lowest BCUT2D eigenvalue weighted by molar-refractivity contribution is 0.0786. The number of allylic oxidation sites excluding steroid dienone is 1. The van der Waals surface area contributed by atoms with E-state index in [4.69, 9.17) is 4.74 Å². The van der Waals surface area contributed by atoms with Gasteiger partial charge in [-0.3, -0.25) is 0 Å². The molecule has 1 heteroatoms. The first-order valence-corrected chi connectivity index (χ1v) is 3.14. The molecule has 0 aromatic carbocycles. The molecule has 1 saturated heterocycles. The largest absolute Gasteiger partial charge is 0.381 e. The predicted octanol–water partition coefficient (Wildman–Crippen LogP) is 1.60. The Hall–Kier alpha value is -0.300. The van der Waals surface area contributed by atoms with Crippen LogP contribution < -0.4 is 0 Å². The molecule has 0 aromatic heterocycles. The summed E-state index contributed by atoms with van der Waals surface area (Å²) in [4.78, 5) is 0. The van der Waals surface area contributed by atoms with Crippen LogP contribution >= 0.6 is 0 Å². The normalized spacial score (nSPS) is 23.0. The van der Waals surface area contributed by atoms with Gasteiger partial charge in [0, 0.05) is 13.2 Å². The van der Waals surface area contributed by atoms with Gasteiger partial charge >= 0.3 is 0 Å². The standard InChI is InChI=1S/C7H12O/c1-2-7-3-5-8-6-4-7/h2,7H,1,3-6H2. The van der Waals surface area contributed by atoms with Crippen molar-refractivity contribution < 1.29 is 4.74 Å². The first kappa shape index (κ1) is 5.83. The Balaban J connectivity index is 2.22. The number of ether oxygens (including phenoxy) is 1. The van der Waals surface area contributed by atoms with Crippen LogP contribution in [0.5, 0.6) is 0 Å². The Bertz CT molecular complexity index is 72.5. The second-order valence-corrected chi connectivity index (χ2v) is 2.19. The molecule has 0 atom stereocenters. The van der Waals surface area contributed by atoms with Gasteiger partial charge in [-0.2, -0.15) is 0 Å². The molecule has 0 radical (unpaired) electrons. The van der Waals surface area contributed by atoms with Gasteiger partial charge in [-0.1, -0.05) is 6.08 Å². The molecule has 0 amide bonds. The molecule has 0 saturated carbocycles. The molecule has 0 unspecified atom stereocenters. The van der Waals surface area contributed by atoms with Crippen molar-refractivity contribution in [2.75, 3.05) is 13.2 Å². The molecule has 0 aliphatic carbocycles. The van der Waals surface area contributed by atoms with Gasteiger partial charge in [0.25, 0.3) is 0 Å². The van der Waals surface area contributed by atoms with E-state index in [1.165, 1.54) is 12.8 Å². The van der Waals surface area contributed by atoms with E-state index in [1.807, 2.05) is 6.08 Å². The van der Waals surface area contributed by atoms with Gasteiger partial charge in [-0.05, 0) is 18.8 Å². The zero-order valence-corrected chi connectivity index (χ0v) is 5.10. The summed E-state index contributed by atoms with van der Waals surface area (Å²) < 4.78 is 5.15. The molecule has 0 aromatic rings. The lowest BCUT2D eigenvalue weighted by atomic mass is 10.0. The molecule has 0 bridgehead atoms. The van der Waals surface area contributed by atoms with Crippen molar-refractivity contribution in [2.24, 2.45) is 5.92 Å². The van der Waals surface area contributed by atoms with Crippen LogP contribution in [0.3, 0.4) is 0 Å². The van der Waals surface area contributed by atoms with Crippen LogP contribution in [0, 0.1) is 5.92 Å². The molecular weight excluding hydrogens is 100 g/mol. The Morgan fingerprint density at radius 3 is 2.38 bits per heavy atom. The Morgan fingerprint density at radius 2 is 2.00 bits per heavy atom. The van der Waals surface area contributed by atoms with E-state index in [1.54, 1.807) is 0 Å². The van der Waals surface area contributed by atoms with E-state index >= 15 is 0 Å². The maximum absolute atomic E-state index is 5.15. The fourth-order valence-electron chi connectivity index (χ4n) is 0.952. The van der Waals surface area contributed by atoms with Gasteiger partial charge in [0.2, 0.25) is 0 Å². The number of hydrogen-bond donors (Lipinski definition) is 0. The molecular formula is C7H12O. The van der Waals surface area contributed by atoms with Gasteiger partial charge in [-0.25, -0.2) is 0 Å². The van der Waals surface area contributed by atoms with Crippen molar-refractivity contribution in [1.29, 1.82) is 0 Å². The lowest BCUT2D eigenvalue weighted by Gasteiger charge is -2.17. The molecule has 1 heterocycles. The van der Waals surface area contributed by atoms with Crippen LogP contribution in [0.4, 0.5) is 0 Å². The van der Waals surface area contributed by atoms with E-state index in [9.17, 15) is 0 Å². The predicted molar refractivity (Wildman–Crippen MR) is 33.7 cm³/mol. The summed E-state index contributed by atoms with van der Waals surface area (Å²) in [6.07, 6.45) is 4.37. The molecule has 46 valence electrons. The SMILES string of the molecule is C=CC1CCOCC1. The quantitative estimate of drug-likeness (QED) is 0.468. The summed E-state index contributed by atoms with van der Waals surface area (Å²) in [7, 11) is 0. The average molecular weight is 112 g/mol. The highest BCUT2D eigenvalue weighted by molar-refractivity contribution is 4.80. The Morgan fingerprint density at radius 1 is 1.38 bits per heavy atom. The van der Waals surface area contributed by atoms with Crippen LogP contribution in [0.25, 0.3) is 0 Å². The van der Waals surface area contributed by atoms with Gasteiger partial charge in [0.05, 0.1) is 0 Å². The first-order chi connectivity index (χ1) is 3.93. The minimum atomic E-state index is 0.726. The van der Waals surface area contributed by atoms with Gasteiger partial charge < -0.3 is 4.74 Å². The number of rotatable bonds is 1. The van der Waals surface area contributed by atoms with E-state index in [2.05, 4.69) is 6.58 Å². The maximum atomic E-state index is 5.15. The van der Waals surface area contributed by atoms with Gasteiger partial charge in [0.1, 0.15) is 0 Å². The minimum Gasteiger partial charge on any atom is -0.381 e. The summed E-state index contributed by atoms with van der Waals surface area (Å²) in [5, 5.41) is 0. The molecule has 1 fully saturated rings. The third-order valence-electron chi connectivity index (χ3n) is 1.60. The maximum Gasteiger partial charge on any atom is 0.0471 e. The second kappa shape index (κ2) is 2.88. The molecule has 8 heavy (non-hydrogen) atoms. The summed E-state index contributed by atoms with van der Waals surface area (Å²) in [5.74, 6) is 0.726. The third kappa shape index (κ3) is 1.34. The van der Waals surface area contributed by atoms with Gasteiger partial charge in [0.15, 0.2) is 0 Å². The summed E-state index contributed by atoms with van der Waals surface area (Å²) in [6.45, 7) is 5.58. The lowest BCUT2D eigenvalue weighted by Crippen LogP contribution is -2.13. The van der Waals surface area contributed by atoms with Crippen molar-refractivity contribution in [3.8, 4) is 0 Å². The van der Waals surface area contributed by atoms with E-state index < -0.39 is 0 Å². The minimum absolute atomic E-state index is 0.726. The van der Waals surface area contributed by atoms with Crippen LogP contribution in [-0.4, -0.2) is 13.2 Å². The van der Waals surface area contributed by atoms with E-state index in [0.717, 1.165) is 19.1 Å².